The van der Waals surface area contributed by atoms with Gasteiger partial charge in [0, 0.05) is 13.1 Å². The molecule has 0 nitrogen and oxygen atoms in total. The van der Waals surface area contributed by atoms with Crippen LogP contribution in [0.1, 0.15) is 0 Å². The van der Waals surface area contributed by atoms with Crippen LogP contribution < -0.4 is 0 Å². The lowest BCUT2D eigenvalue weighted by atomic mass is 10.4. The summed E-state index contributed by atoms with van der Waals surface area (Å²) >= 11 is 17.0. The number of rotatable bonds is 0. The second-order valence-corrected chi connectivity index (χ2v) is 4.51. The minimum Gasteiger partial charge on any atom is -0.0843 e. The van der Waals surface area contributed by atoms with Crippen LogP contribution in [0.5, 0.6) is 0 Å². The molecule has 0 heterocycles. The summed E-state index contributed by atoms with van der Waals surface area (Å²) in [6, 6.07) is 3.58. The van der Waals surface area contributed by atoms with Gasteiger partial charge >= 0.3 is 0 Å². The van der Waals surface area contributed by atoms with Crippen molar-refractivity contribution in [1.82, 2.24) is 0 Å². The molecule has 0 saturated carbocycles. The van der Waals surface area contributed by atoms with Gasteiger partial charge in [0.2, 0.25) is 0 Å². The van der Waals surface area contributed by atoms with Crippen LogP contribution in [-0.4, -0.2) is 0 Å². The van der Waals surface area contributed by atoms with Gasteiger partial charge in [-0.25, -0.2) is 0 Å². The highest BCUT2D eigenvalue weighted by atomic mass is 127. The molecule has 0 unspecified atom stereocenters. The lowest BCUT2D eigenvalue weighted by Crippen LogP contribution is -1.75. The Bertz CT molecular complexity index is 239. The van der Waals surface area contributed by atoms with Crippen molar-refractivity contribution in [2.24, 2.45) is 0 Å². The van der Waals surface area contributed by atoms with E-state index in [1.807, 2.05) is 6.07 Å². The lowest BCUT2D eigenvalue weighted by molar-refractivity contribution is 1.59. The predicted octanol–water partition coefficient (Wildman–Crippen LogP) is 4.36. The van der Waals surface area contributed by atoms with Gasteiger partial charge in [0.05, 0.1) is 5.02 Å². The van der Waals surface area contributed by atoms with E-state index in [4.69, 9.17) is 23.2 Å². The fourth-order valence-electron chi connectivity index (χ4n) is 0.525. The number of hydrogen-bond acceptors (Lipinski definition) is 0. The lowest BCUT2D eigenvalue weighted by Gasteiger charge is -1.98. The van der Waals surface area contributed by atoms with Gasteiger partial charge in [-0.1, -0.05) is 23.2 Å². The van der Waals surface area contributed by atoms with E-state index in [0.29, 0.717) is 10.0 Å². The molecule has 4 heteroatoms. The van der Waals surface area contributed by atoms with E-state index in [0.717, 1.165) is 8.04 Å². The Kier molecular flexibility index (Phi) is 3.28. The van der Waals surface area contributed by atoms with Crippen molar-refractivity contribution in [3.8, 4) is 0 Å². The molecule has 1 aromatic carbocycles. The molecule has 0 aromatic heterocycles. The van der Waals surface area contributed by atoms with Gasteiger partial charge in [-0.3, -0.25) is 0 Å². The van der Waals surface area contributed by atoms with Crippen molar-refractivity contribution in [1.29, 1.82) is 0 Å². The van der Waals surface area contributed by atoms with E-state index >= 15 is 0 Å². The third-order valence-electron chi connectivity index (χ3n) is 0.949. The molecule has 0 bridgehead atoms. The average molecular weight is 352 g/mol. The first kappa shape index (κ1) is 9.10. The summed E-state index contributed by atoms with van der Waals surface area (Å²) in [7, 11) is 0. The van der Waals surface area contributed by atoms with Crippen LogP contribution >= 0.6 is 61.7 Å². The first-order valence-electron chi connectivity index (χ1n) is 2.41. The monoisotopic (exact) mass is 350 g/mol. The molecule has 10 heavy (non-hydrogen) atoms. The number of halogens is 4. The van der Waals surface area contributed by atoms with E-state index in [-0.39, 0.29) is 0 Å². The quantitative estimate of drug-likeness (QED) is 0.370. The van der Waals surface area contributed by atoms with Crippen LogP contribution in [0.3, 0.4) is 0 Å². The van der Waals surface area contributed by atoms with E-state index in [9.17, 15) is 0 Å². The van der Waals surface area contributed by atoms with Crippen molar-refractivity contribution in [3.05, 3.63) is 30.2 Å². The van der Waals surface area contributed by atoms with E-state index in [1.165, 1.54) is 0 Å². The van der Waals surface area contributed by atoms with Crippen molar-refractivity contribution < 1.29 is 0 Å². The minimum absolute atomic E-state index is 0.695. The third-order valence-corrected chi connectivity index (χ3v) is 3.60. The Morgan fingerprint density at radius 1 is 1.30 bits per heavy atom. The molecule has 0 spiro atoms. The van der Waals surface area contributed by atoms with Crippen LogP contribution in [0.2, 0.25) is 10.0 Å². The molecule has 0 fully saturated rings. The zero-order valence-corrected chi connectivity index (χ0v) is 9.92. The van der Waals surface area contributed by atoms with E-state index < -0.39 is 0 Å². The van der Waals surface area contributed by atoms with Crippen molar-refractivity contribution >= 4 is 61.7 Å². The zero-order valence-electron chi connectivity index (χ0n) is 4.67. The van der Waals surface area contributed by atoms with Crippen LogP contribution in [0, 0.1) is 3.57 Å². The highest BCUT2D eigenvalue weighted by molar-refractivity contribution is 14.1. The third kappa shape index (κ3) is 2.00. The SMILES string of the molecule is Clc1cc(Br)c(Cl)c(I)c1. The molecule has 0 atom stereocenters. The van der Waals surface area contributed by atoms with Crippen LogP contribution in [-0.2, 0) is 0 Å². The van der Waals surface area contributed by atoms with Crippen LogP contribution in [0.15, 0.2) is 16.6 Å². The first-order valence-corrected chi connectivity index (χ1v) is 5.04. The first-order chi connectivity index (χ1) is 4.61. The second kappa shape index (κ2) is 3.61. The largest absolute Gasteiger partial charge is 0.0843 e. The molecule has 0 aliphatic rings. The second-order valence-electron chi connectivity index (χ2n) is 1.68. The molecule has 54 valence electrons. The van der Waals surface area contributed by atoms with Gasteiger partial charge in [0.25, 0.3) is 0 Å². The Morgan fingerprint density at radius 2 is 1.90 bits per heavy atom. The molecule has 1 aromatic rings. The molecule has 0 amide bonds. The molecule has 1 rings (SSSR count). The van der Waals surface area contributed by atoms with E-state index in [1.54, 1.807) is 6.07 Å². The van der Waals surface area contributed by atoms with Crippen molar-refractivity contribution in [2.75, 3.05) is 0 Å². The van der Waals surface area contributed by atoms with E-state index in [2.05, 4.69) is 38.5 Å². The molecular formula is C6H2BrCl2I. The highest BCUT2D eigenvalue weighted by Gasteiger charge is 2.02. The highest BCUT2D eigenvalue weighted by Crippen LogP contribution is 2.30. The van der Waals surface area contributed by atoms with Crippen LogP contribution in [0.25, 0.3) is 0 Å². The Labute approximate surface area is 91.2 Å². The predicted molar refractivity (Wildman–Crippen MR) is 56.9 cm³/mol. The van der Waals surface area contributed by atoms with Crippen LogP contribution in [0.4, 0.5) is 0 Å². The van der Waals surface area contributed by atoms with Gasteiger partial charge in [0.1, 0.15) is 0 Å². The van der Waals surface area contributed by atoms with Gasteiger partial charge in [-0.05, 0) is 50.7 Å². The number of benzene rings is 1. The summed E-state index contributed by atoms with van der Waals surface area (Å²) in [6.07, 6.45) is 0. The zero-order chi connectivity index (χ0) is 7.72. The van der Waals surface area contributed by atoms with Crippen molar-refractivity contribution in [3.63, 3.8) is 0 Å². The van der Waals surface area contributed by atoms with Gasteiger partial charge in [0.15, 0.2) is 0 Å². The molecule has 0 radical (unpaired) electrons. The normalized spacial score (nSPS) is 10.0. The van der Waals surface area contributed by atoms with Gasteiger partial charge < -0.3 is 0 Å². The summed E-state index contributed by atoms with van der Waals surface area (Å²) in [5.41, 5.74) is 0. The topological polar surface area (TPSA) is 0 Å². The summed E-state index contributed by atoms with van der Waals surface area (Å²) < 4.78 is 1.80. The maximum atomic E-state index is 5.84. The maximum Gasteiger partial charge on any atom is 0.0682 e. The Morgan fingerprint density at radius 3 is 2.40 bits per heavy atom. The molecule has 0 aliphatic heterocycles. The molecule has 0 aliphatic carbocycles. The standard InChI is InChI=1S/C6H2BrCl2I/c7-4-1-3(8)2-5(10)6(4)9/h1-2H. The Balaban J connectivity index is 3.31. The summed E-state index contributed by atoms with van der Waals surface area (Å²) in [5, 5.41) is 1.41. The maximum absolute atomic E-state index is 5.84. The Hall–Kier alpha value is 1.01. The summed E-state index contributed by atoms with van der Waals surface area (Å²) in [5.74, 6) is 0. The average Bonchev–Trinajstić information content (AvgIpc) is 1.82. The smallest absolute Gasteiger partial charge is 0.0682 e. The number of hydrogen-bond donors (Lipinski definition) is 0. The summed E-state index contributed by atoms with van der Waals surface area (Å²) in [6.45, 7) is 0. The van der Waals surface area contributed by atoms with Crippen molar-refractivity contribution in [2.45, 2.75) is 0 Å². The minimum atomic E-state index is 0.695. The fraction of sp³-hybridized carbons (Fsp3) is 0. The molecule has 0 N–H and O–H groups in total. The molecule has 0 saturated heterocycles. The van der Waals surface area contributed by atoms with Gasteiger partial charge in [-0.2, -0.15) is 0 Å². The van der Waals surface area contributed by atoms with Gasteiger partial charge in [-0.15, -0.1) is 0 Å². The molecular weight excluding hydrogens is 350 g/mol. The summed E-state index contributed by atoms with van der Waals surface area (Å²) in [4.78, 5) is 0. The fourth-order valence-corrected chi connectivity index (χ4v) is 2.62.